The zero-order valence-corrected chi connectivity index (χ0v) is 11.5. The largest absolute Gasteiger partial charge is 0.486 e. The number of para-hydroxylation sites is 2. The van der Waals surface area contributed by atoms with Crippen LogP contribution in [0.15, 0.2) is 24.3 Å². The monoisotopic (exact) mass is 276 g/mol. The van der Waals surface area contributed by atoms with Gasteiger partial charge in [0, 0.05) is 0 Å². The normalized spacial score (nSPS) is 21.7. The topological polar surface area (TPSA) is 50.8 Å². The van der Waals surface area contributed by atoms with Gasteiger partial charge in [-0.25, -0.2) is 0 Å². The van der Waals surface area contributed by atoms with E-state index in [0.29, 0.717) is 19.7 Å². The van der Waals surface area contributed by atoms with Crippen LogP contribution in [0, 0.1) is 0 Å². The molecule has 0 aliphatic carbocycles. The van der Waals surface area contributed by atoms with E-state index in [2.05, 4.69) is 10.2 Å². The van der Waals surface area contributed by atoms with Crippen LogP contribution in [0.25, 0.3) is 0 Å². The number of hydrogen-bond donors (Lipinski definition) is 1. The van der Waals surface area contributed by atoms with Gasteiger partial charge in [0.15, 0.2) is 11.5 Å². The lowest BCUT2D eigenvalue weighted by atomic mass is 10.2. The first-order valence-corrected chi connectivity index (χ1v) is 7.19. The lowest BCUT2D eigenvalue weighted by Gasteiger charge is -2.26. The van der Waals surface area contributed by atoms with E-state index in [9.17, 15) is 4.79 Å². The van der Waals surface area contributed by atoms with E-state index in [4.69, 9.17) is 9.47 Å². The number of likely N-dealkylation sites (tertiary alicyclic amines) is 1. The quantitative estimate of drug-likeness (QED) is 0.892. The van der Waals surface area contributed by atoms with Gasteiger partial charge in [-0.05, 0) is 38.1 Å². The Hall–Kier alpha value is -1.75. The third-order valence-electron chi connectivity index (χ3n) is 3.66. The number of nitrogens with zero attached hydrogens (tertiary/aromatic N) is 1. The van der Waals surface area contributed by atoms with Crippen LogP contribution in [0.3, 0.4) is 0 Å². The molecule has 2 heterocycles. The lowest BCUT2D eigenvalue weighted by molar-refractivity contribution is -0.122. The Kier molecular flexibility index (Phi) is 4.06. The first-order chi connectivity index (χ1) is 9.81. The fraction of sp³-hybridized carbons (Fsp3) is 0.533. The molecule has 2 aliphatic rings. The molecule has 108 valence electrons. The summed E-state index contributed by atoms with van der Waals surface area (Å²) in [4.78, 5) is 14.0. The number of ether oxygens (including phenoxy) is 2. The Morgan fingerprint density at radius 1 is 1.25 bits per heavy atom. The highest BCUT2D eigenvalue weighted by Crippen LogP contribution is 2.30. The van der Waals surface area contributed by atoms with Crippen molar-refractivity contribution in [3.63, 3.8) is 0 Å². The Labute approximate surface area is 118 Å². The molecule has 0 spiro atoms. The van der Waals surface area contributed by atoms with Crippen molar-refractivity contribution in [2.24, 2.45) is 0 Å². The van der Waals surface area contributed by atoms with Gasteiger partial charge in [0.2, 0.25) is 5.91 Å². The number of carbonyl (C=O) groups excluding carboxylic acids is 1. The van der Waals surface area contributed by atoms with Crippen molar-refractivity contribution >= 4 is 5.91 Å². The third-order valence-corrected chi connectivity index (χ3v) is 3.66. The van der Waals surface area contributed by atoms with E-state index in [1.54, 1.807) is 0 Å². The maximum atomic E-state index is 11.8. The van der Waals surface area contributed by atoms with Crippen LogP contribution < -0.4 is 14.8 Å². The molecule has 1 N–H and O–H groups in total. The number of nitrogens with one attached hydrogen (secondary N) is 1. The van der Waals surface area contributed by atoms with Gasteiger partial charge < -0.3 is 14.8 Å². The summed E-state index contributed by atoms with van der Waals surface area (Å²) >= 11 is 0. The van der Waals surface area contributed by atoms with Gasteiger partial charge >= 0.3 is 0 Å². The van der Waals surface area contributed by atoms with Crippen LogP contribution in [0.4, 0.5) is 0 Å². The van der Waals surface area contributed by atoms with Crippen molar-refractivity contribution < 1.29 is 14.3 Å². The number of benzene rings is 1. The Bertz CT molecular complexity index is 472. The van der Waals surface area contributed by atoms with Gasteiger partial charge in [0.1, 0.15) is 12.7 Å². The average Bonchev–Trinajstić information content (AvgIpc) is 2.98. The number of hydrogen-bond acceptors (Lipinski definition) is 4. The third kappa shape index (κ3) is 3.22. The number of fused-ring (bicyclic) bond motifs is 1. The summed E-state index contributed by atoms with van der Waals surface area (Å²) in [6.45, 7) is 3.51. The fourth-order valence-corrected chi connectivity index (χ4v) is 2.59. The van der Waals surface area contributed by atoms with Gasteiger partial charge in [0.25, 0.3) is 0 Å². The average molecular weight is 276 g/mol. The summed E-state index contributed by atoms with van der Waals surface area (Å²) in [5.74, 6) is 1.58. The van der Waals surface area contributed by atoms with Gasteiger partial charge in [0.05, 0.1) is 13.1 Å². The summed E-state index contributed by atoms with van der Waals surface area (Å²) in [5, 5.41) is 2.92. The van der Waals surface area contributed by atoms with Crippen LogP contribution in [0.5, 0.6) is 11.5 Å². The molecular weight excluding hydrogens is 256 g/mol. The molecule has 2 aliphatic heterocycles. The second-order valence-electron chi connectivity index (χ2n) is 5.28. The molecule has 1 aromatic rings. The summed E-state index contributed by atoms with van der Waals surface area (Å²) < 4.78 is 11.4. The molecule has 0 bridgehead atoms. The molecule has 5 heteroatoms. The smallest absolute Gasteiger partial charge is 0.234 e. The fourth-order valence-electron chi connectivity index (χ4n) is 2.59. The first-order valence-electron chi connectivity index (χ1n) is 7.19. The molecule has 0 unspecified atom stereocenters. The van der Waals surface area contributed by atoms with Gasteiger partial charge in [-0.3, -0.25) is 9.69 Å². The SMILES string of the molecule is O=C(CN1CCCC1)NC[C@H]1COc2ccccc2O1. The highest BCUT2D eigenvalue weighted by atomic mass is 16.6. The molecule has 0 saturated carbocycles. The minimum atomic E-state index is -0.118. The molecule has 0 aromatic heterocycles. The van der Waals surface area contributed by atoms with Crippen LogP contribution in [-0.2, 0) is 4.79 Å². The molecule has 0 radical (unpaired) electrons. The summed E-state index contributed by atoms with van der Waals surface area (Å²) in [7, 11) is 0. The molecule has 1 atom stereocenters. The van der Waals surface area contributed by atoms with Crippen molar-refractivity contribution in [2.45, 2.75) is 18.9 Å². The van der Waals surface area contributed by atoms with Gasteiger partial charge in [-0.1, -0.05) is 12.1 Å². The second-order valence-corrected chi connectivity index (χ2v) is 5.28. The molecule has 3 rings (SSSR count). The molecule has 1 aromatic carbocycles. The minimum Gasteiger partial charge on any atom is -0.486 e. The maximum absolute atomic E-state index is 11.8. The zero-order valence-electron chi connectivity index (χ0n) is 11.5. The van der Waals surface area contributed by atoms with E-state index in [1.807, 2.05) is 24.3 Å². The van der Waals surface area contributed by atoms with Crippen LogP contribution in [0.1, 0.15) is 12.8 Å². The van der Waals surface area contributed by atoms with Crippen LogP contribution in [0.2, 0.25) is 0 Å². The molecule has 20 heavy (non-hydrogen) atoms. The summed E-state index contributed by atoms with van der Waals surface area (Å²) in [6, 6.07) is 7.60. The summed E-state index contributed by atoms with van der Waals surface area (Å²) in [6.07, 6.45) is 2.28. The predicted molar refractivity (Wildman–Crippen MR) is 75.0 cm³/mol. The first kappa shape index (κ1) is 13.2. The Morgan fingerprint density at radius 3 is 2.80 bits per heavy atom. The highest BCUT2D eigenvalue weighted by Gasteiger charge is 2.21. The maximum Gasteiger partial charge on any atom is 0.234 e. The van der Waals surface area contributed by atoms with E-state index < -0.39 is 0 Å². The highest BCUT2D eigenvalue weighted by molar-refractivity contribution is 5.78. The molecule has 1 amide bonds. The number of rotatable bonds is 4. The van der Waals surface area contributed by atoms with Crippen molar-refractivity contribution in [2.75, 3.05) is 32.8 Å². The summed E-state index contributed by atoms with van der Waals surface area (Å²) in [5.41, 5.74) is 0. The van der Waals surface area contributed by atoms with Crippen molar-refractivity contribution in [1.29, 1.82) is 0 Å². The van der Waals surface area contributed by atoms with E-state index in [0.717, 1.165) is 24.6 Å². The van der Waals surface area contributed by atoms with Crippen LogP contribution >= 0.6 is 0 Å². The molecule has 5 nitrogen and oxygen atoms in total. The molecule has 1 saturated heterocycles. The van der Waals surface area contributed by atoms with E-state index in [1.165, 1.54) is 12.8 Å². The Morgan fingerprint density at radius 2 is 2.00 bits per heavy atom. The number of carbonyl (C=O) groups is 1. The number of amides is 1. The van der Waals surface area contributed by atoms with Gasteiger partial charge in [-0.2, -0.15) is 0 Å². The standard InChI is InChI=1S/C15H20N2O3/c18-15(10-17-7-3-4-8-17)16-9-12-11-19-13-5-1-2-6-14(13)20-12/h1-2,5-6,12H,3-4,7-11H2,(H,16,18)/t12-/m0/s1. The minimum absolute atomic E-state index is 0.0642. The second kappa shape index (κ2) is 6.13. The lowest BCUT2D eigenvalue weighted by Crippen LogP contribution is -2.43. The van der Waals surface area contributed by atoms with E-state index >= 15 is 0 Å². The molecular formula is C15H20N2O3. The van der Waals surface area contributed by atoms with Crippen molar-refractivity contribution in [3.8, 4) is 11.5 Å². The molecule has 1 fully saturated rings. The van der Waals surface area contributed by atoms with Crippen molar-refractivity contribution in [1.82, 2.24) is 10.2 Å². The predicted octanol–water partition coefficient (Wildman–Crippen LogP) is 1.04. The van der Waals surface area contributed by atoms with Gasteiger partial charge in [-0.15, -0.1) is 0 Å². The van der Waals surface area contributed by atoms with Crippen LogP contribution in [-0.4, -0.2) is 49.7 Å². The van der Waals surface area contributed by atoms with E-state index in [-0.39, 0.29) is 12.0 Å². The van der Waals surface area contributed by atoms with Crippen molar-refractivity contribution in [3.05, 3.63) is 24.3 Å². The Balaban J connectivity index is 1.44. The zero-order chi connectivity index (χ0) is 13.8.